The van der Waals surface area contributed by atoms with Gasteiger partial charge < -0.3 is 14.9 Å². The molecule has 0 bridgehead atoms. The van der Waals surface area contributed by atoms with Gasteiger partial charge in [0, 0.05) is 6.42 Å². The van der Waals surface area contributed by atoms with Crippen LogP contribution in [0.4, 0.5) is 0 Å². The quantitative estimate of drug-likeness (QED) is 0.326. The lowest BCUT2D eigenvalue weighted by atomic mass is 9.78. The Hall–Kier alpha value is -1.59. The van der Waals surface area contributed by atoms with Crippen LogP contribution in [0, 0.1) is 5.41 Å². The number of unbranched alkanes of at least 4 members (excludes halogenated alkanes) is 3. The summed E-state index contributed by atoms with van der Waals surface area (Å²) in [5.74, 6) is -3.07. The van der Waals surface area contributed by atoms with Crippen LogP contribution in [0.5, 0.6) is 0 Å². The standard InChI is InChI=1S/C15H26O6/c1-3-5-6-7-10-15(13(17)18,14(19)20)11-8-9-12(16)21-4-2/h3-11H2,1-2H3,(H,17,18)(H,19,20). The number of esters is 1. The van der Waals surface area contributed by atoms with Crippen molar-refractivity contribution in [2.75, 3.05) is 6.61 Å². The van der Waals surface area contributed by atoms with Crippen LogP contribution in [-0.2, 0) is 19.1 Å². The summed E-state index contributed by atoms with van der Waals surface area (Å²) in [6.07, 6.45) is 3.62. The third-order valence-corrected chi connectivity index (χ3v) is 3.57. The Morgan fingerprint density at radius 3 is 1.95 bits per heavy atom. The minimum atomic E-state index is -1.79. The highest BCUT2D eigenvalue weighted by molar-refractivity contribution is 5.98. The van der Waals surface area contributed by atoms with E-state index in [0.717, 1.165) is 19.3 Å². The number of carbonyl (C=O) groups is 3. The lowest BCUT2D eigenvalue weighted by molar-refractivity contribution is -0.166. The van der Waals surface area contributed by atoms with Crippen molar-refractivity contribution in [2.45, 2.75) is 65.2 Å². The Bertz CT molecular complexity index is 336. The Kier molecular flexibility index (Phi) is 9.41. The zero-order valence-corrected chi connectivity index (χ0v) is 12.9. The number of hydrogen-bond donors (Lipinski definition) is 2. The molecule has 0 aromatic carbocycles. The zero-order valence-electron chi connectivity index (χ0n) is 12.9. The number of carboxylic acid groups (broad SMARTS) is 2. The van der Waals surface area contributed by atoms with Gasteiger partial charge in [0.25, 0.3) is 0 Å². The maximum absolute atomic E-state index is 11.4. The molecule has 122 valence electrons. The van der Waals surface area contributed by atoms with Gasteiger partial charge in [-0.25, -0.2) is 0 Å². The minimum Gasteiger partial charge on any atom is -0.480 e. The average molecular weight is 302 g/mol. The fraction of sp³-hybridized carbons (Fsp3) is 0.800. The second-order valence-electron chi connectivity index (χ2n) is 5.16. The number of hydrogen-bond acceptors (Lipinski definition) is 4. The third-order valence-electron chi connectivity index (χ3n) is 3.57. The summed E-state index contributed by atoms with van der Waals surface area (Å²) in [5.41, 5.74) is -1.79. The summed E-state index contributed by atoms with van der Waals surface area (Å²) >= 11 is 0. The monoisotopic (exact) mass is 302 g/mol. The van der Waals surface area contributed by atoms with Gasteiger partial charge in [-0.2, -0.15) is 0 Å². The average Bonchev–Trinajstić information content (AvgIpc) is 2.41. The van der Waals surface area contributed by atoms with Crippen LogP contribution in [0.2, 0.25) is 0 Å². The summed E-state index contributed by atoms with van der Waals surface area (Å²) < 4.78 is 4.76. The molecule has 0 aromatic heterocycles. The van der Waals surface area contributed by atoms with E-state index in [1.165, 1.54) is 0 Å². The molecular formula is C15H26O6. The molecule has 0 atom stereocenters. The van der Waals surface area contributed by atoms with Crippen molar-refractivity contribution in [3.05, 3.63) is 0 Å². The van der Waals surface area contributed by atoms with Gasteiger partial charge in [0.2, 0.25) is 0 Å². The lowest BCUT2D eigenvalue weighted by Crippen LogP contribution is -2.39. The van der Waals surface area contributed by atoms with E-state index in [0.29, 0.717) is 6.42 Å². The highest BCUT2D eigenvalue weighted by Gasteiger charge is 2.45. The zero-order chi connectivity index (χ0) is 16.3. The van der Waals surface area contributed by atoms with Gasteiger partial charge in [0.1, 0.15) is 0 Å². The van der Waals surface area contributed by atoms with Crippen molar-refractivity contribution < 1.29 is 29.3 Å². The number of aliphatic carboxylic acids is 2. The van der Waals surface area contributed by atoms with Gasteiger partial charge in [-0.1, -0.05) is 32.6 Å². The first-order valence-electron chi connectivity index (χ1n) is 7.53. The second-order valence-corrected chi connectivity index (χ2v) is 5.16. The lowest BCUT2D eigenvalue weighted by Gasteiger charge is -2.24. The SMILES string of the molecule is CCCCCCC(CCCC(=O)OCC)(C(=O)O)C(=O)O. The van der Waals surface area contributed by atoms with E-state index in [-0.39, 0.29) is 32.3 Å². The summed E-state index contributed by atoms with van der Waals surface area (Å²) in [6.45, 7) is 3.98. The molecule has 2 N–H and O–H groups in total. The summed E-state index contributed by atoms with van der Waals surface area (Å²) in [4.78, 5) is 34.1. The second kappa shape index (κ2) is 10.2. The van der Waals surface area contributed by atoms with E-state index in [1.807, 2.05) is 6.92 Å². The van der Waals surface area contributed by atoms with Crippen LogP contribution in [0.25, 0.3) is 0 Å². The topological polar surface area (TPSA) is 101 Å². The van der Waals surface area contributed by atoms with Crippen LogP contribution in [-0.4, -0.2) is 34.7 Å². The largest absolute Gasteiger partial charge is 0.480 e. The molecule has 0 heterocycles. The van der Waals surface area contributed by atoms with Gasteiger partial charge in [-0.15, -0.1) is 0 Å². The van der Waals surface area contributed by atoms with Crippen LogP contribution >= 0.6 is 0 Å². The number of carboxylic acids is 2. The van der Waals surface area contributed by atoms with Crippen LogP contribution in [0.15, 0.2) is 0 Å². The van der Waals surface area contributed by atoms with E-state index in [1.54, 1.807) is 6.92 Å². The van der Waals surface area contributed by atoms with Crippen LogP contribution in [0.1, 0.15) is 65.2 Å². The molecule has 0 saturated heterocycles. The van der Waals surface area contributed by atoms with Gasteiger partial charge >= 0.3 is 17.9 Å². The van der Waals surface area contributed by atoms with Crippen molar-refractivity contribution >= 4 is 17.9 Å². The molecule has 6 heteroatoms. The van der Waals surface area contributed by atoms with Gasteiger partial charge in [-0.05, 0) is 26.2 Å². The smallest absolute Gasteiger partial charge is 0.321 e. The molecule has 0 aromatic rings. The predicted octanol–water partition coefficient (Wildman–Crippen LogP) is 2.85. The van der Waals surface area contributed by atoms with Gasteiger partial charge in [0.15, 0.2) is 5.41 Å². The van der Waals surface area contributed by atoms with Crippen LogP contribution < -0.4 is 0 Å². The van der Waals surface area contributed by atoms with E-state index in [2.05, 4.69) is 0 Å². The molecule has 21 heavy (non-hydrogen) atoms. The molecule has 0 aliphatic rings. The van der Waals surface area contributed by atoms with Crippen molar-refractivity contribution in [2.24, 2.45) is 5.41 Å². The molecule has 0 spiro atoms. The number of carbonyl (C=O) groups excluding carboxylic acids is 1. The fourth-order valence-corrected chi connectivity index (χ4v) is 2.27. The molecular weight excluding hydrogens is 276 g/mol. The van der Waals surface area contributed by atoms with Gasteiger partial charge in [-0.3, -0.25) is 14.4 Å². The van der Waals surface area contributed by atoms with Crippen molar-refractivity contribution in [1.29, 1.82) is 0 Å². The molecule has 0 rings (SSSR count). The Balaban J connectivity index is 4.60. The predicted molar refractivity (Wildman–Crippen MR) is 76.9 cm³/mol. The Morgan fingerprint density at radius 1 is 0.905 bits per heavy atom. The Labute approximate surface area is 125 Å². The summed E-state index contributed by atoms with van der Waals surface area (Å²) in [6, 6.07) is 0. The van der Waals surface area contributed by atoms with Gasteiger partial charge in [0.05, 0.1) is 6.61 Å². The molecule has 0 fully saturated rings. The Morgan fingerprint density at radius 2 is 1.48 bits per heavy atom. The fourth-order valence-electron chi connectivity index (χ4n) is 2.27. The first-order valence-corrected chi connectivity index (χ1v) is 7.53. The maximum atomic E-state index is 11.4. The van der Waals surface area contributed by atoms with Crippen molar-refractivity contribution in [3.63, 3.8) is 0 Å². The summed E-state index contributed by atoms with van der Waals surface area (Å²) in [5, 5.41) is 18.6. The molecule has 0 radical (unpaired) electrons. The number of ether oxygens (including phenoxy) is 1. The first-order chi connectivity index (χ1) is 9.90. The first kappa shape index (κ1) is 19.4. The highest BCUT2D eigenvalue weighted by atomic mass is 16.5. The van der Waals surface area contributed by atoms with E-state index in [9.17, 15) is 24.6 Å². The van der Waals surface area contributed by atoms with E-state index in [4.69, 9.17) is 4.74 Å². The molecule has 0 aliphatic carbocycles. The molecule has 6 nitrogen and oxygen atoms in total. The summed E-state index contributed by atoms with van der Waals surface area (Å²) in [7, 11) is 0. The van der Waals surface area contributed by atoms with E-state index >= 15 is 0 Å². The minimum absolute atomic E-state index is 0.0467. The molecule has 0 aliphatic heterocycles. The van der Waals surface area contributed by atoms with Crippen molar-refractivity contribution in [1.82, 2.24) is 0 Å². The highest BCUT2D eigenvalue weighted by Crippen LogP contribution is 2.32. The normalized spacial score (nSPS) is 11.1. The van der Waals surface area contributed by atoms with E-state index < -0.39 is 23.3 Å². The molecule has 0 amide bonds. The number of rotatable bonds is 12. The third kappa shape index (κ3) is 6.60. The van der Waals surface area contributed by atoms with Crippen molar-refractivity contribution in [3.8, 4) is 0 Å². The molecule has 0 saturated carbocycles. The maximum Gasteiger partial charge on any atom is 0.321 e. The van der Waals surface area contributed by atoms with Crippen LogP contribution in [0.3, 0.4) is 0 Å². The molecule has 0 unspecified atom stereocenters.